The number of aryl methyl sites for hydroxylation is 3. The topological polar surface area (TPSA) is 79.3 Å². The predicted molar refractivity (Wildman–Crippen MR) is 82.1 cm³/mol. The number of nitrogens with one attached hydrogen (secondary N) is 1. The quantitative estimate of drug-likeness (QED) is 0.910. The zero-order valence-electron chi connectivity index (χ0n) is 12.1. The summed E-state index contributed by atoms with van der Waals surface area (Å²) >= 11 is 1.19. The fraction of sp³-hybridized carbons (Fsp3) is 0.267. The lowest BCUT2D eigenvalue weighted by molar-refractivity contribution is -0.136. The van der Waals surface area contributed by atoms with Crippen LogP contribution >= 0.6 is 11.3 Å². The number of carbonyl (C=O) groups is 2. The van der Waals surface area contributed by atoms with E-state index in [4.69, 9.17) is 5.11 Å². The average Bonchev–Trinajstić information content (AvgIpc) is 2.72. The minimum atomic E-state index is -0.909. The molecule has 0 aliphatic heterocycles. The Kier molecular flexibility index (Phi) is 4.37. The Balaban J connectivity index is 2.15. The predicted octanol–water partition coefficient (Wildman–Crippen LogP) is 2.95. The third kappa shape index (κ3) is 3.66. The molecule has 0 atom stereocenters. The van der Waals surface area contributed by atoms with Crippen molar-refractivity contribution >= 4 is 28.3 Å². The Morgan fingerprint density at radius 3 is 2.57 bits per heavy atom. The number of rotatable bonds is 4. The molecule has 0 unspecified atom stereocenters. The van der Waals surface area contributed by atoms with E-state index in [9.17, 15) is 9.59 Å². The number of carboxylic acids is 1. The smallest absolute Gasteiger partial charge is 0.308 e. The average molecular weight is 304 g/mol. The molecule has 2 aromatic rings. The SMILES string of the molecule is Cc1ccc(C(=O)Nc2nc(C)c(CC(=O)O)s2)cc1C. The number of carbonyl (C=O) groups excluding carboxylic acids is 1. The fourth-order valence-corrected chi connectivity index (χ4v) is 2.78. The second-order valence-corrected chi connectivity index (χ2v) is 5.93. The second kappa shape index (κ2) is 6.05. The van der Waals surface area contributed by atoms with Gasteiger partial charge in [0.2, 0.25) is 0 Å². The Morgan fingerprint density at radius 2 is 1.95 bits per heavy atom. The summed E-state index contributed by atoms with van der Waals surface area (Å²) in [5.41, 5.74) is 3.37. The Bertz CT molecular complexity index is 707. The number of aliphatic carboxylic acids is 1. The number of carboxylic acid groups (broad SMARTS) is 1. The maximum Gasteiger partial charge on any atom is 0.308 e. The first-order valence-corrected chi connectivity index (χ1v) is 7.25. The van der Waals surface area contributed by atoms with Gasteiger partial charge in [0.1, 0.15) is 0 Å². The van der Waals surface area contributed by atoms with Gasteiger partial charge in [-0.3, -0.25) is 14.9 Å². The van der Waals surface area contributed by atoms with Gasteiger partial charge >= 0.3 is 5.97 Å². The van der Waals surface area contributed by atoms with Gasteiger partial charge in [-0.15, -0.1) is 11.3 Å². The van der Waals surface area contributed by atoms with E-state index in [0.717, 1.165) is 11.1 Å². The summed E-state index contributed by atoms with van der Waals surface area (Å²) in [4.78, 5) is 27.7. The summed E-state index contributed by atoms with van der Waals surface area (Å²) < 4.78 is 0. The van der Waals surface area contributed by atoms with Crippen LogP contribution in [0.2, 0.25) is 0 Å². The van der Waals surface area contributed by atoms with Crippen LogP contribution in [0.4, 0.5) is 5.13 Å². The first-order valence-electron chi connectivity index (χ1n) is 6.43. The minimum absolute atomic E-state index is 0.0803. The summed E-state index contributed by atoms with van der Waals surface area (Å²) in [6.07, 6.45) is -0.0803. The molecule has 0 aliphatic carbocycles. The zero-order valence-corrected chi connectivity index (χ0v) is 12.9. The van der Waals surface area contributed by atoms with Crippen LogP contribution in [0.15, 0.2) is 18.2 Å². The number of thiazole rings is 1. The first-order chi connectivity index (χ1) is 9.86. The van der Waals surface area contributed by atoms with Crippen LogP contribution in [0, 0.1) is 20.8 Å². The van der Waals surface area contributed by atoms with Crippen LogP contribution in [0.25, 0.3) is 0 Å². The van der Waals surface area contributed by atoms with E-state index in [2.05, 4.69) is 10.3 Å². The normalized spacial score (nSPS) is 10.4. The molecule has 2 N–H and O–H groups in total. The van der Waals surface area contributed by atoms with Crippen molar-refractivity contribution in [2.45, 2.75) is 27.2 Å². The van der Waals surface area contributed by atoms with Crippen LogP contribution in [-0.4, -0.2) is 22.0 Å². The van der Waals surface area contributed by atoms with Gasteiger partial charge < -0.3 is 5.11 Å². The number of anilines is 1. The van der Waals surface area contributed by atoms with Gasteiger partial charge in [0.15, 0.2) is 5.13 Å². The van der Waals surface area contributed by atoms with E-state index in [1.807, 2.05) is 26.0 Å². The molecule has 1 aromatic heterocycles. The molecule has 0 radical (unpaired) electrons. The number of hydrogen-bond donors (Lipinski definition) is 2. The lowest BCUT2D eigenvalue weighted by Crippen LogP contribution is -2.12. The van der Waals surface area contributed by atoms with Crippen molar-refractivity contribution in [2.24, 2.45) is 0 Å². The van der Waals surface area contributed by atoms with Crippen molar-refractivity contribution < 1.29 is 14.7 Å². The largest absolute Gasteiger partial charge is 0.481 e. The van der Waals surface area contributed by atoms with Crippen molar-refractivity contribution in [2.75, 3.05) is 5.32 Å². The van der Waals surface area contributed by atoms with Crippen molar-refractivity contribution in [3.63, 3.8) is 0 Å². The van der Waals surface area contributed by atoms with Crippen molar-refractivity contribution in [1.82, 2.24) is 4.98 Å². The van der Waals surface area contributed by atoms with E-state index < -0.39 is 5.97 Å². The second-order valence-electron chi connectivity index (χ2n) is 4.85. The molecule has 1 aromatic carbocycles. The van der Waals surface area contributed by atoms with Crippen LogP contribution < -0.4 is 5.32 Å². The highest BCUT2D eigenvalue weighted by molar-refractivity contribution is 7.16. The molecule has 0 aliphatic rings. The lowest BCUT2D eigenvalue weighted by Gasteiger charge is -2.04. The monoisotopic (exact) mass is 304 g/mol. The molecule has 1 heterocycles. The Hall–Kier alpha value is -2.21. The van der Waals surface area contributed by atoms with Gasteiger partial charge in [0.05, 0.1) is 12.1 Å². The van der Waals surface area contributed by atoms with E-state index in [1.165, 1.54) is 11.3 Å². The maximum absolute atomic E-state index is 12.2. The number of nitrogens with zero attached hydrogens (tertiary/aromatic N) is 1. The van der Waals surface area contributed by atoms with Crippen LogP contribution in [0.5, 0.6) is 0 Å². The molecule has 110 valence electrons. The molecular weight excluding hydrogens is 288 g/mol. The molecule has 21 heavy (non-hydrogen) atoms. The van der Waals surface area contributed by atoms with Crippen LogP contribution in [0.3, 0.4) is 0 Å². The molecule has 0 saturated carbocycles. The summed E-state index contributed by atoms with van der Waals surface area (Å²) in [5.74, 6) is -1.15. The molecular formula is C15H16N2O3S. The summed E-state index contributed by atoms with van der Waals surface area (Å²) in [7, 11) is 0. The third-order valence-electron chi connectivity index (χ3n) is 3.19. The molecule has 0 saturated heterocycles. The van der Waals surface area contributed by atoms with Crippen LogP contribution in [-0.2, 0) is 11.2 Å². The highest BCUT2D eigenvalue weighted by Gasteiger charge is 2.14. The molecule has 0 bridgehead atoms. The van der Waals surface area contributed by atoms with E-state index in [-0.39, 0.29) is 12.3 Å². The van der Waals surface area contributed by atoms with E-state index in [0.29, 0.717) is 21.3 Å². The molecule has 0 spiro atoms. The summed E-state index contributed by atoms with van der Waals surface area (Å²) in [6, 6.07) is 5.48. The standard InChI is InChI=1S/C15H16N2O3S/c1-8-4-5-11(6-9(8)2)14(20)17-15-16-10(3)12(21-15)7-13(18)19/h4-6H,7H2,1-3H3,(H,18,19)(H,16,17,20). The van der Waals surface area contributed by atoms with E-state index in [1.54, 1.807) is 13.0 Å². The number of benzene rings is 1. The van der Waals surface area contributed by atoms with Gasteiger partial charge in [0, 0.05) is 10.4 Å². The highest BCUT2D eigenvalue weighted by atomic mass is 32.1. The van der Waals surface area contributed by atoms with E-state index >= 15 is 0 Å². The van der Waals surface area contributed by atoms with Gasteiger partial charge in [-0.1, -0.05) is 6.07 Å². The highest BCUT2D eigenvalue weighted by Crippen LogP contribution is 2.23. The van der Waals surface area contributed by atoms with Crippen molar-refractivity contribution in [3.05, 3.63) is 45.5 Å². The van der Waals surface area contributed by atoms with Gasteiger partial charge in [-0.05, 0) is 44.0 Å². The maximum atomic E-state index is 12.2. The fourth-order valence-electron chi connectivity index (χ4n) is 1.83. The first kappa shape index (κ1) is 15.2. The Labute approximate surface area is 126 Å². The lowest BCUT2D eigenvalue weighted by atomic mass is 10.1. The number of aromatic nitrogens is 1. The number of amides is 1. The van der Waals surface area contributed by atoms with Crippen molar-refractivity contribution in [1.29, 1.82) is 0 Å². The summed E-state index contributed by atoms with van der Waals surface area (Å²) in [6.45, 7) is 5.67. The molecule has 6 heteroatoms. The van der Waals surface area contributed by atoms with Gasteiger partial charge in [-0.2, -0.15) is 0 Å². The molecule has 5 nitrogen and oxygen atoms in total. The molecule has 2 rings (SSSR count). The zero-order chi connectivity index (χ0) is 15.6. The van der Waals surface area contributed by atoms with Gasteiger partial charge in [0.25, 0.3) is 5.91 Å². The third-order valence-corrected chi connectivity index (χ3v) is 4.27. The van der Waals surface area contributed by atoms with Crippen molar-refractivity contribution in [3.8, 4) is 0 Å². The molecule has 1 amide bonds. The summed E-state index contributed by atoms with van der Waals surface area (Å²) in [5, 5.41) is 11.9. The molecule has 0 fully saturated rings. The van der Waals surface area contributed by atoms with Gasteiger partial charge in [-0.25, -0.2) is 4.98 Å². The Morgan fingerprint density at radius 1 is 1.24 bits per heavy atom. The van der Waals surface area contributed by atoms with Crippen LogP contribution in [0.1, 0.15) is 32.1 Å². The number of hydrogen-bond acceptors (Lipinski definition) is 4. The minimum Gasteiger partial charge on any atom is -0.481 e.